The van der Waals surface area contributed by atoms with Gasteiger partial charge in [0, 0.05) is 32.0 Å². The highest BCUT2D eigenvalue weighted by molar-refractivity contribution is 9.10. The van der Waals surface area contributed by atoms with Gasteiger partial charge in [0.1, 0.15) is 0 Å². The number of rotatable bonds is 2. The molecule has 3 aromatic rings. The van der Waals surface area contributed by atoms with E-state index in [9.17, 15) is 4.79 Å². The van der Waals surface area contributed by atoms with Gasteiger partial charge >= 0.3 is 0 Å². The number of halogens is 1. The molecule has 0 unspecified atom stereocenters. The summed E-state index contributed by atoms with van der Waals surface area (Å²) < 4.78 is 1.00. The maximum atomic E-state index is 12.6. The van der Waals surface area contributed by atoms with Gasteiger partial charge in [0.25, 0.3) is 0 Å². The lowest BCUT2D eigenvalue weighted by atomic mass is 10.1. The molecule has 2 nitrogen and oxygen atoms in total. The smallest absolute Gasteiger partial charge is 0.205 e. The fourth-order valence-electron chi connectivity index (χ4n) is 2.10. The summed E-state index contributed by atoms with van der Waals surface area (Å²) in [5.74, 6) is 0.0924. The van der Waals surface area contributed by atoms with E-state index < -0.39 is 0 Å². The van der Waals surface area contributed by atoms with Gasteiger partial charge in [-0.2, -0.15) is 0 Å². The Bertz CT molecular complexity index is 765. The first-order valence-electron chi connectivity index (χ1n) is 5.94. The number of benzene rings is 1. The number of fused-ring (bicyclic) bond motifs is 1. The van der Waals surface area contributed by atoms with E-state index in [2.05, 4.69) is 20.9 Å². The highest BCUT2D eigenvalue weighted by Gasteiger charge is 2.16. The Hall–Kier alpha value is -1.39. The lowest BCUT2D eigenvalue weighted by molar-refractivity contribution is 0.104. The van der Waals surface area contributed by atoms with Crippen LogP contribution in [0.4, 0.5) is 0 Å². The van der Waals surface area contributed by atoms with Crippen molar-refractivity contribution in [1.29, 1.82) is 0 Å². The first kappa shape index (κ1) is 12.6. The molecule has 0 spiro atoms. The van der Waals surface area contributed by atoms with Gasteiger partial charge in [-0.1, -0.05) is 22.0 Å². The van der Waals surface area contributed by atoms with Crippen LogP contribution in [-0.4, -0.2) is 10.8 Å². The third kappa shape index (κ3) is 2.15. The second kappa shape index (κ2) is 4.62. The fraction of sp³-hybridized carbons (Fsp3) is 0.133. The maximum Gasteiger partial charge on any atom is 0.205 e. The van der Waals surface area contributed by atoms with Gasteiger partial charge in [0.05, 0.1) is 4.88 Å². The van der Waals surface area contributed by atoms with Gasteiger partial charge < -0.3 is 4.98 Å². The molecule has 1 N–H and O–H groups in total. The van der Waals surface area contributed by atoms with Crippen molar-refractivity contribution >= 4 is 44.0 Å². The van der Waals surface area contributed by atoms with Gasteiger partial charge in [-0.05, 0) is 37.6 Å². The summed E-state index contributed by atoms with van der Waals surface area (Å²) in [7, 11) is 0. The number of aryl methyl sites for hydroxylation is 2. The summed E-state index contributed by atoms with van der Waals surface area (Å²) >= 11 is 4.99. The molecule has 0 saturated heterocycles. The second-order valence-electron chi connectivity index (χ2n) is 4.57. The number of ketones is 1. The van der Waals surface area contributed by atoms with Crippen molar-refractivity contribution in [3.63, 3.8) is 0 Å². The Kier molecular flexibility index (Phi) is 3.07. The van der Waals surface area contributed by atoms with E-state index in [0.717, 1.165) is 25.8 Å². The summed E-state index contributed by atoms with van der Waals surface area (Å²) in [5.41, 5.74) is 2.89. The Morgan fingerprint density at radius 2 is 2.05 bits per heavy atom. The molecule has 1 aromatic carbocycles. The molecule has 0 fully saturated rings. The molecular formula is C15H12BrNOS. The van der Waals surface area contributed by atoms with Gasteiger partial charge in [-0.15, -0.1) is 11.3 Å². The van der Waals surface area contributed by atoms with Gasteiger partial charge in [-0.25, -0.2) is 0 Å². The summed E-state index contributed by atoms with van der Waals surface area (Å²) in [6.45, 7) is 4.08. The molecule has 2 aromatic heterocycles. The van der Waals surface area contributed by atoms with E-state index in [1.165, 1.54) is 10.4 Å². The molecule has 0 atom stereocenters. The fourth-order valence-corrected chi connectivity index (χ4v) is 3.45. The highest BCUT2D eigenvalue weighted by atomic mass is 79.9. The predicted molar refractivity (Wildman–Crippen MR) is 83.2 cm³/mol. The van der Waals surface area contributed by atoms with Crippen LogP contribution in [0, 0.1) is 13.8 Å². The number of hydrogen-bond acceptors (Lipinski definition) is 2. The van der Waals surface area contributed by atoms with Gasteiger partial charge in [-0.3, -0.25) is 4.79 Å². The number of nitrogens with one attached hydrogen (secondary N) is 1. The van der Waals surface area contributed by atoms with Crippen molar-refractivity contribution in [3.05, 3.63) is 55.8 Å². The number of aromatic nitrogens is 1. The van der Waals surface area contributed by atoms with Crippen LogP contribution in [0.2, 0.25) is 0 Å². The minimum Gasteiger partial charge on any atom is -0.360 e. The molecule has 3 rings (SSSR count). The van der Waals surface area contributed by atoms with Crippen molar-refractivity contribution in [3.8, 4) is 0 Å². The molecule has 19 heavy (non-hydrogen) atoms. The van der Waals surface area contributed by atoms with Crippen LogP contribution >= 0.6 is 27.3 Å². The first-order valence-corrected chi connectivity index (χ1v) is 7.55. The monoisotopic (exact) mass is 333 g/mol. The predicted octanol–water partition coefficient (Wildman–Crippen LogP) is 4.84. The third-order valence-electron chi connectivity index (χ3n) is 3.28. The Morgan fingerprint density at radius 3 is 2.74 bits per heavy atom. The van der Waals surface area contributed by atoms with Crippen LogP contribution in [0.5, 0.6) is 0 Å². The summed E-state index contributed by atoms with van der Waals surface area (Å²) in [6, 6.07) is 7.88. The summed E-state index contributed by atoms with van der Waals surface area (Å²) in [6.07, 6.45) is 1.80. The summed E-state index contributed by atoms with van der Waals surface area (Å²) in [4.78, 5) is 17.7. The topological polar surface area (TPSA) is 32.9 Å². The first-order chi connectivity index (χ1) is 9.06. The summed E-state index contributed by atoms with van der Waals surface area (Å²) in [5, 5.41) is 0.969. The van der Waals surface area contributed by atoms with Crippen molar-refractivity contribution in [2.45, 2.75) is 13.8 Å². The zero-order chi connectivity index (χ0) is 13.6. The van der Waals surface area contributed by atoms with E-state index in [1.54, 1.807) is 17.5 Å². The van der Waals surface area contributed by atoms with Crippen LogP contribution in [0.1, 0.15) is 25.7 Å². The zero-order valence-corrected chi connectivity index (χ0v) is 13.0. The lowest BCUT2D eigenvalue weighted by Crippen LogP contribution is -1.96. The van der Waals surface area contributed by atoms with Gasteiger partial charge in [0.2, 0.25) is 5.78 Å². The molecule has 0 amide bonds. The molecule has 0 aliphatic rings. The zero-order valence-electron chi connectivity index (χ0n) is 10.6. The number of hydrogen-bond donors (Lipinski definition) is 1. The SMILES string of the molecule is Cc1cc(C(=O)c2c[nH]c3cc(Br)ccc23)sc1C. The second-order valence-corrected chi connectivity index (χ2v) is 6.74. The average Bonchev–Trinajstić information content (AvgIpc) is 2.93. The molecule has 2 heterocycles. The molecular weight excluding hydrogens is 322 g/mol. The number of carbonyl (C=O) groups is 1. The standard InChI is InChI=1S/C15H12BrNOS/c1-8-5-14(19-9(8)2)15(18)12-7-17-13-6-10(16)3-4-11(12)13/h3-7,17H,1-2H3. The van der Waals surface area contributed by atoms with E-state index in [-0.39, 0.29) is 5.78 Å². The third-order valence-corrected chi connectivity index (χ3v) is 4.92. The lowest BCUT2D eigenvalue weighted by Gasteiger charge is -1.96. The maximum absolute atomic E-state index is 12.6. The number of thiophene rings is 1. The van der Waals surface area contributed by atoms with E-state index in [0.29, 0.717) is 0 Å². The van der Waals surface area contributed by atoms with Crippen molar-refractivity contribution in [1.82, 2.24) is 4.98 Å². The van der Waals surface area contributed by atoms with E-state index in [1.807, 2.05) is 38.1 Å². The van der Waals surface area contributed by atoms with Crippen LogP contribution in [0.15, 0.2) is 34.9 Å². The Labute approximate surface area is 123 Å². The molecule has 0 aliphatic heterocycles. The highest BCUT2D eigenvalue weighted by Crippen LogP contribution is 2.28. The molecule has 4 heteroatoms. The van der Waals surface area contributed by atoms with Crippen LogP contribution in [0.25, 0.3) is 10.9 Å². The average molecular weight is 334 g/mol. The quantitative estimate of drug-likeness (QED) is 0.668. The minimum absolute atomic E-state index is 0.0924. The van der Waals surface area contributed by atoms with Crippen LogP contribution in [0.3, 0.4) is 0 Å². The molecule has 0 saturated carbocycles. The molecule has 0 radical (unpaired) electrons. The Morgan fingerprint density at radius 1 is 1.26 bits per heavy atom. The van der Waals surface area contributed by atoms with Crippen LogP contribution < -0.4 is 0 Å². The number of H-pyrrole nitrogens is 1. The largest absolute Gasteiger partial charge is 0.360 e. The van der Waals surface area contributed by atoms with Crippen LogP contribution in [-0.2, 0) is 0 Å². The number of aromatic amines is 1. The molecule has 0 bridgehead atoms. The molecule has 0 aliphatic carbocycles. The molecule has 96 valence electrons. The number of carbonyl (C=O) groups excluding carboxylic acids is 1. The normalized spacial score (nSPS) is 11.1. The minimum atomic E-state index is 0.0924. The Balaban J connectivity index is 2.11. The van der Waals surface area contributed by atoms with E-state index >= 15 is 0 Å². The van der Waals surface area contributed by atoms with Gasteiger partial charge in [0.15, 0.2) is 0 Å². The van der Waals surface area contributed by atoms with Crippen molar-refractivity contribution < 1.29 is 4.79 Å². The van der Waals surface area contributed by atoms with E-state index in [4.69, 9.17) is 0 Å². The van der Waals surface area contributed by atoms with Crippen molar-refractivity contribution in [2.75, 3.05) is 0 Å². The van der Waals surface area contributed by atoms with Crippen molar-refractivity contribution in [2.24, 2.45) is 0 Å².